The van der Waals surface area contributed by atoms with E-state index in [4.69, 9.17) is 0 Å². The summed E-state index contributed by atoms with van der Waals surface area (Å²) >= 11 is 1.48. The van der Waals surface area contributed by atoms with Crippen LogP contribution in [0.5, 0.6) is 0 Å². The van der Waals surface area contributed by atoms with E-state index in [-0.39, 0.29) is 11.5 Å². The van der Waals surface area contributed by atoms with E-state index < -0.39 is 0 Å². The van der Waals surface area contributed by atoms with Crippen LogP contribution in [-0.4, -0.2) is 26.2 Å². The summed E-state index contributed by atoms with van der Waals surface area (Å²) in [5.74, 6) is 1.06. The van der Waals surface area contributed by atoms with Crippen molar-refractivity contribution < 1.29 is 0 Å². The van der Waals surface area contributed by atoms with Gasteiger partial charge in [0.2, 0.25) is 0 Å². The highest BCUT2D eigenvalue weighted by atomic mass is 32.1. The van der Waals surface area contributed by atoms with Crippen molar-refractivity contribution in [1.82, 2.24) is 24.5 Å². The van der Waals surface area contributed by atoms with Crippen molar-refractivity contribution in [3.63, 3.8) is 0 Å². The average molecular weight is 279 g/mol. The Labute approximate surface area is 118 Å². The van der Waals surface area contributed by atoms with Crippen molar-refractivity contribution in [3.05, 3.63) is 28.8 Å². The Morgan fingerprint density at radius 1 is 1.42 bits per heavy atom. The molecule has 0 amide bonds. The SMILES string of the molecule is CNC(Cc1nccn1C)c1snnc1C(C)(C)C. The fraction of sp³-hybridized carbons (Fsp3) is 0.615. The number of aromatic nitrogens is 4. The maximum absolute atomic E-state index is 4.39. The highest BCUT2D eigenvalue weighted by Crippen LogP contribution is 2.31. The number of imidazole rings is 1. The van der Waals surface area contributed by atoms with Gasteiger partial charge in [0.25, 0.3) is 0 Å². The van der Waals surface area contributed by atoms with E-state index in [0.717, 1.165) is 17.9 Å². The Hall–Kier alpha value is -1.27. The summed E-state index contributed by atoms with van der Waals surface area (Å²) in [4.78, 5) is 5.60. The highest BCUT2D eigenvalue weighted by Gasteiger charge is 2.27. The summed E-state index contributed by atoms with van der Waals surface area (Å²) in [5, 5.41) is 7.67. The lowest BCUT2D eigenvalue weighted by molar-refractivity contribution is 0.521. The third kappa shape index (κ3) is 3.01. The maximum atomic E-state index is 4.39. The number of nitrogens with zero attached hydrogens (tertiary/aromatic N) is 4. The molecule has 0 saturated heterocycles. The van der Waals surface area contributed by atoms with Gasteiger partial charge in [0.15, 0.2) is 0 Å². The summed E-state index contributed by atoms with van der Waals surface area (Å²) in [6, 6.07) is 0.204. The molecule has 104 valence electrons. The number of hydrogen-bond donors (Lipinski definition) is 1. The second-order valence-electron chi connectivity index (χ2n) is 5.74. The first-order chi connectivity index (χ1) is 8.93. The van der Waals surface area contributed by atoms with Crippen molar-refractivity contribution in [2.75, 3.05) is 7.05 Å². The molecule has 2 rings (SSSR count). The van der Waals surface area contributed by atoms with Crippen LogP contribution < -0.4 is 5.32 Å². The number of rotatable bonds is 4. The number of hydrogen-bond acceptors (Lipinski definition) is 5. The highest BCUT2D eigenvalue weighted by molar-refractivity contribution is 7.05. The Morgan fingerprint density at radius 3 is 2.68 bits per heavy atom. The molecule has 6 heteroatoms. The van der Waals surface area contributed by atoms with Gasteiger partial charge in [-0.2, -0.15) is 0 Å². The topological polar surface area (TPSA) is 55.6 Å². The fourth-order valence-corrected chi connectivity index (χ4v) is 3.02. The normalized spacial score (nSPS) is 13.7. The summed E-state index contributed by atoms with van der Waals surface area (Å²) in [6.45, 7) is 6.50. The smallest absolute Gasteiger partial charge is 0.110 e. The zero-order valence-corrected chi connectivity index (χ0v) is 13.0. The lowest BCUT2D eigenvalue weighted by Gasteiger charge is -2.21. The van der Waals surface area contributed by atoms with Crippen molar-refractivity contribution in [3.8, 4) is 0 Å². The van der Waals surface area contributed by atoms with Gasteiger partial charge in [-0.3, -0.25) is 0 Å². The summed E-state index contributed by atoms with van der Waals surface area (Å²) in [7, 11) is 3.99. The molecule has 2 aromatic rings. The van der Waals surface area contributed by atoms with Gasteiger partial charge in [-0.1, -0.05) is 25.3 Å². The van der Waals surface area contributed by atoms with Gasteiger partial charge in [-0.15, -0.1) is 5.10 Å². The van der Waals surface area contributed by atoms with Crippen LogP contribution in [-0.2, 0) is 18.9 Å². The third-order valence-corrected chi connectivity index (χ3v) is 4.03. The minimum atomic E-state index is 0.0130. The molecule has 1 N–H and O–H groups in total. The molecule has 1 atom stereocenters. The van der Waals surface area contributed by atoms with Gasteiger partial charge in [0.05, 0.1) is 16.6 Å². The van der Waals surface area contributed by atoms with Gasteiger partial charge in [-0.05, 0) is 18.6 Å². The summed E-state index contributed by atoms with van der Waals surface area (Å²) < 4.78 is 6.18. The predicted molar refractivity (Wildman–Crippen MR) is 77.3 cm³/mol. The van der Waals surface area contributed by atoms with Gasteiger partial charge < -0.3 is 9.88 Å². The van der Waals surface area contributed by atoms with Gasteiger partial charge >= 0.3 is 0 Å². The van der Waals surface area contributed by atoms with Crippen molar-refractivity contribution in [2.24, 2.45) is 7.05 Å². The largest absolute Gasteiger partial charge is 0.338 e. The van der Waals surface area contributed by atoms with Crippen LogP contribution in [0.4, 0.5) is 0 Å². The van der Waals surface area contributed by atoms with Crippen LogP contribution in [0.15, 0.2) is 12.4 Å². The monoisotopic (exact) mass is 279 g/mol. The second-order valence-corrected chi connectivity index (χ2v) is 6.52. The van der Waals surface area contributed by atoms with Gasteiger partial charge in [-0.25, -0.2) is 4.98 Å². The third-order valence-electron chi connectivity index (χ3n) is 3.20. The van der Waals surface area contributed by atoms with E-state index in [2.05, 4.69) is 45.2 Å². The van der Waals surface area contributed by atoms with Crippen molar-refractivity contribution in [2.45, 2.75) is 38.6 Å². The van der Waals surface area contributed by atoms with Crippen LogP contribution in [0.25, 0.3) is 0 Å². The van der Waals surface area contributed by atoms with Gasteiger partial charge in [0.1, 0.15) is 5.82 Å². The fourth-order valence-electron chi connectivity index (χ4n) is 2.05. The van der Waals surface area contributed by atoms with Crippen LogP contribution in [0.2, 0.25) is 0 Å². The Bertz CT molecular complexity index is 537. The molecule has 5 nitrogen and oxygen atoms in total. The quantitative estimate of drug-likeness (QED) is 0.931. The first-order valence-corrected chi connectivity index (χ1v) is 7.17. The van der Waals surface area contributed by atoms with Crippen LogP contribution in [0.1, 0.15) is 43.2 Å². The molecule has 0 radical (unpaired) electrons. The first kappa shape index (κ1) is 14.1. The molecule has 1 unspecified atom stereocenters. The van der Waals surface area contributed by atoms with Crippen LogP contribution in [0.3, 0.4) is 0 Å². The van der Waals surface area contributed by atoms with Crippen molar-refractivity contribution in [1.29, 1.82) is 0 Å². The van der Waals surface area contributed by atoms with E-state index in [9.17, 15) is 0 Å². The first-order valence-electron chi connectivity index (χ1n) is 6.39. The summed E-state index contributed by atoms with van der Waals surface area (Å²) in [6.07, 6.45) is 4.64. The molecule has 0 fully saturated rings. The Balaban J connectivity index is 2.28. The second kappa shape index (κ2) is 5.38. The predicted octanol–water partition coefficient (Wildman–Crippen LogP) is 2.07. The molecular weight excluding hydrogens is 258 g/mol. The lowest BCUT2D eigenvalue weighted by Crippen LogP contribution is -2.24. The molecule has 0 aliphatic heterocycles. The zero-order chi connectivity index (χ0) is 14.0. The van der Waals surface area contributed by atoms with Crippen LogP contribution >= 0.6 is 11.5 Å². The average Bonchev–Trinajstić information content (AvgIpc) is 2.94. The van der Waals surface area contributed by atoms with Crippen molar-refractivity contribution >= 4 is 11.5 Å². The number of aryl methyl sites for hydroxylation is 1. The molecule has 0 aliphatic carbocycles. The Kier molecular flexibility index (Phi) is 4.01. The number of likely N-dealkylation sites (N-methyl/N-ethyl adjacent to an activating group) is 1. The van der Waals surface area contributed by atoms with E-state index >= 15 is 0 Å². The minimum Gasteiger partial charge on any atom is -0.338 e. The molecule has 19 heavy (non-hydrogen) atoms. The summed E-state index contributed by atoms with van der Waals surface area (Å²) in [5.41, 5.74) is 1.09. The molecule has 0 saturated carbocycles. The zero-order valence-electron chi connectivity index (χ0n) is 12.1. The van der Waals surface area contributed by atoms with E-state index in [1.807, 2.05) is 26.5 Å². The van der Waals surface area contributed by atoms with E-state index in [1.165, 1.54) is 16.4 Å². The molecule has 0 bridgehead atoms. The lowest BCUT2D eigenvalue weighted by atomic mass is 9.89. The van der Waals surface area contributed by atoms with E-state index in [1.54, 1.807) is 0 Å². The standard InChI is InChI=1S/C13H21N5S/c1-13(2,3)12-11(19-17-16-12)9(14-4)8-10-15-6-7-18(10)5/h6-7,9,14H,8H2,1-5H3. The van der Waals surface area contributed by atoms with Gasteiger partial charge in [0, 0.05) is 31.3 Å². The molecule has 0 aromatic carbocycles. The molecular formula is C13H21N5S. The molecule has 2 aromatic heterocycles. The maximum Gasteiger partial charge on any atom is 0.110 e. The molecule has 2 heterocycles. The molecule has 0 aliphatic rings. The Morgan fingerprint density at radius 2 is 2.16 bits per heavy atom. The van der Waals surface area contributed by atoms with E-state index in [0.29, 0.717) is 0 Å². The minimum absolute atomic E-state index is 0.0130. The number of nitrogens with one attached hydrogen (secondary N) is 1. The van der Waals surface area contributed by atoms with Crippen LogP contribution in [0, 0.1) is 0 Å². The molecule has 0 spiro atoms.